The van der Waals surface area contributed by atoms with Gasteiger partial charge in [0.25, 0.3) is 5.91 Å². The molecule has 9 heteroatoms. The fraction of sp³-hybridized carbons (Fsp3) is 0.364. The molecule has 1 heterocycles. The number of carbonyl (C=O) groups excluding carboxylic acids is 1. The lowest BCUT2D eigenvalue weighted by Crippen LogP contribution is -2.38. The Labute approximate surface area is 191 Å². The van der Waals surface area contributed by atoms with Crippen molar-refractivity contribution in [3.05, 3.63) is 52.5 Å². The molecule has 1 amide bonds. The molecule has 0 spiro atoms. The molecule has 1 N–H and O–H groups in total. The van der Waals surface area contributed by atoms with Gasteiger partial charge >= 0.3 is 0 Å². The van der Waals surface area contributed by atoms with Crippen molar-refractivity contribution in [1.82, 2.24) is 9.29 Å². The van der Waals surface area contributed by atoms with E-state index in [9.17, 15) is 13.2 Å². The average Bonchev–Trinajstić information content (AvgIpc) is 3.19. The Morgan fingerprint density at radius 1 is 1.13 bits per heavy atom. The summed E-state index contributed by atoms with van der Waals surface area (Å²) in [6, 6.07) is 9.78. The van der Waals surface area contributed by atoms with E-state index in [1.54, 1.807) is 7.05 Å². The first kappa shape index (κ1) is 22.2. The number of hydrogen-bond donors (Lipinski definition) is 1. The molecule has 1 aliphatic carbocycles. The highest BCUT2D eigenvalue weighted by molar-refractivity contribution is 7.89. The van der Waals surface area contributed by atoms with E-state index in [2.05, 4.69) is 10.3 Å². The van der Waals surface area contributed by atoms with Crippen molar-refractivity contribution in [2.24, 2.45) is 0 Å². The molecule has 4 rings (SSSR count). The Morgan fingerprint density at radius 3 is 2.48 bits per heavy atom. The monoisotopic (exact) mass is 477 g/mol. The van der Waals surface area contributed by atoms with Crippen LogP contribution in [0.25, 0.3) is 10.2 Å². The fourth-order valence-electron chi connectivity index (χ4n) is 3.91. The molecule has 0 radical (unpaired) electrons. The van der Waals surface area contributed by atoms with Crippen molar-refractivity contribution < 1.29 is 13.2 Å². The number of nitrogens with one attached hydrogen (secondary N) is 1. The Balaban J connectivity index is 1.50. The molecule has 0 saturated heterocycles. The van der Waals surface area contributed by atoms with Crippen molar-refractivity contribution in [2.45, 2.75) is 50.0 Å². The SMILES string of the molecule is Cc1c(Cl)ccc2sc(NC(=O)c3ccc(S(=O)(=O)N(C)C4CCCCC4)cc3)nc12. The van der Waals surface area contributed by atoms with E-state index in [0.29, 0.717) is 15.7 Å². The summed E-state index contributed by atoms with van der Waals surface area (Å²) in [5.41, 5.74) is 2.00. The van der Waals surface area contributed by atoms with E-state index >= 15 is 0 Å². The van der Waals surface area contributed by atoms with Crippen molar-refractivity contribution in [1.29, 1.82) is 0 Å². The van der Waals surface area contributed by atoms with E-state index in [1.807, 2.05) is 19.1 Å². The van der Waals surface area contributed by atoms with Gasteiger partial charge in [0, 0.05) is 23.7 Å². The van der Waals surface area contributed by atoms with Crippen LogP contribution in [0.4, 0.5) is 5.13 Å². The number of aromatic nitrogens is 1. The number of fused-ring (bicyclic) bond motifs is 1. The lowest BCUT2D eigenvalue weighted by Gasteiger charge is -2.30. The second-order valence-electron chi connectivity index (χ2n) is 7.83. The molecule has 3 aromatic rings. The summed E-state index contributed by atoms with van der Waals surface area (Å²) >= 11 is 7.51. The number of carbonyl (C=O) groups is 1. The quantitative estimate of drug-likeness (QED) is 0.528. The van der Waals surface area contributed by atoms with Crippen LogP contribution in [0.1, 0.15) is 48.0 Å². The predicted octanol–water partition coefficient (Wildman–Crippen LogP) is 5.46. The molecule has 0 unspecified atom stereocenters. The third-order valence-corrected chi connectivity index (χ3v) is 9.12. The topological polar surface area (TPSA) is 79.4 Å². The number of halogens is 1. The van der Waals surface area contributed by atoms with Crippen LogP contribution >= 0.6 is 22.9 Å². The first-order chi connectivity index (χ1) is 14.8. The molecule has 1 aromatic heterocycles. The first-order valence-corrected chi connectivity index (χ1v) is 12.9. The van der Waals surface area contributed by atoms with Crippen molar-refractivity contribution in [2.75, 3.05) is 12.4 Å². The van der Waals surface area contributed by atoms with E-state index in [-0.39, 0.29) is 16.8 Å². The molecule has 2 aromatic carbocycles. The highest BCUT2D eigenvalue weighted by Crippen LogP contribution is 2.32. The summed E-state index contributed by atoms with van der Waals surface area (Å²) in [7, 11) is -1.94. The predicted molar refractivity (Wildman–Crippen MR) is 126 cm³/mol. The largest absolute Gasteiger partial charge is 0.298 e. The number of hydrogen-bond acceptors (Lipinski definition) is 5. The molecular formula is C22H24ClN3O3S2. The zero-order chi connectivity index (χ0) is 22.2. The van der Waals surface area contributed by atoms with Crippen LogP contribution in [-0.4, -0.2) is 36.7 Å². The minimum absolute atomic E-state index is 0.0396. The Hall–Kier alpha value is -2.00. The number of amides is 1. The zero-order valence-corrected chi connectivity index (χ0v) is 19.8. The summed E-state index contributed by atoms with van der Waals surface area (Å²) in [5.74, 6) is -0.340. The van der Waals surface area contributed by atoms with Gasteiger partial charge in [0.2, 0.25) is 10.0 Å². The van der Waals surface area contributed by atoms with Crippen LogP contribution in [0.3, 0.4) is 0 Å². The fourth-order valence-corrected chi connectivity index (χ4v) is 6.40. The Kier molecular flexibility index (Phi) is 6.35. The molecule has 0 aliphatic heterocycles. The van der Waals surface area contributed by atoms with E-state index in [0.717, 1.165) is 47.9 Å². The highest BCUT2D eigenvalue weighted by atomic mass is 35.5. The third kappa shape index (κ3) is 4.48. The summed E-state index contributed by atoms with van der Waals surface area (Å²) in [6.45, 7) is 1.89. The summed E-state index contributed by atoms with van der Waals surface area (Å²) in [6.07, 6.45) is 5.06. The normalized spacial score (nSPS) is 15.5. The first-order valence-electron chi connectivity index (χ1n) is 10.2. The molecule has 31 heavy (non-hydrogen) atoms. The van der Waals surface area contributed by atoms with Gasteiger partial charge in [-0.1, -0.05) is 42.2 Å². The van der Waals surface area contributed by atoms with Crippen molar-refractivity contribution in [3.8, 4) is 0 Å². The number of rotatable bonds is 5. The van der Waals surface area contributed by atoms with Gasteiger partial charge in [-0.25, -0.2) is 13.4 Å². The second kappa shape index (κ2) is 8.86. The van der Waals surface area contributed by atoms with Gasteiger partial charge in [0.1, 0.15) is 0 Å². The van der Waals surface area contributed by atoms with E-state index < -0.39 is 10.0 Å². The van der Waals surface area contributed by atoms with Crippen LogP contribution < -0.4 is 5.32 Å². The number of anilines is 1. The van der Waals surface area contributed by atoms with Crippen LogP contribution in [-0.2, 0) is 10.0 Å². The van der Waals surface area contributed by atoms with Gasteiger partial charge in [-0.15, -0.1) is 0 Å². The van der Waals surface area contributed by atoms with Gasteiger partial charge in [-0.2, -0.15) is 4.31 Å². The standard InChI is InChI=1S/C22H24ClN3O3S2/c1-14-18(23)12-13-19-20(14)24-22(30-19)25-21(27)15-8-10-17(11-9-15)31(28,29)26(2)16-6-4-3-5-7-16/h8-13,16H,3-7H2,1-2H3,(H,24,25,27). The van der Waals surface area contributed by atoms with Crippen LogP contribution in [0, 0.1) is 6.92 Å². The maximum absolute atomic E-state index is 13.0. The van der Waals surface area contributed by atoms with Crippen molar-refractivity contribution >= 4 is 54.2 Å². The number of nitrogens with zero attached hydrogens (tertiary/aromatic N) is 2. The molecular weight excluding hydrogens is 454 g/mol. The Morgan fingerprint density at radius 2 is 1.81 bits per heavy atom. The summed E-state index contributed by atoms with van der Waals surface area (Å²) in [5, 5.41) is 3.89. The van der Waals surface area contributed by atoms with Crippen molar-refractivity contribution in [3.63, 3.8) is 0 Å². The van der Waals surface area contributed by atoms with E-state index in [1.165, 1.54) is 39.9 Å². The average molecular weight is 478 g/mol. The zero-order valence-electron chi connectivity index (χ0n) is 17.4. The Bertz CT molecular complexity index is 1220. The van der Waals surface area contributed by atoms with Gasteiger partial charge < -0.3 is 0 Å². The lowest BCUT2D eigenvalue weighted by atomic mass is 9.96. The lowest BCUT2D eigenvalue weighted by molar-refractivity contribution is 0.102. The minimum Gasteiger partial charge on any atom is -0.298 e. The van der Waals surface area contributed by atoms with Crippen LogP contribution in [0.15, 0.2) is 41.3 Å². The number of sulfonamides is 1. The number of aryl methyl sites for hydroxylation is 1. The third-order valence-electron chi connectivity index (χ3n) is 5.85. The summed E-state index contributed by atoms with van der Waals surface area (Å²) in [4.78, 5) is 17.3. The van der Waals surface area contributed by atoms with E-state index in [4.69, 9.17) is 11.6 Å². The molecule has 1 saturated carbocycles. The highest BCUT2D eigenvalue weighted by Gasteiger charge is 2.29. The van der Waals surface area contributed by atoms with Gasteiger partial charge in [0.05, 0.1) is 15.1 Å². The maximum atomic E-state index is 13.0. The minimum atomic E-state index is -3.59. The molecule has 164 valence electrons. The smallest absolute Gasteiger partial charge is 0.257 e. The van der Waals surface area contributed by atoms with Crippen LogP contribution in [0.5, 0.6) is 0 Å². The number of benzene rings is 2. The number of thiazole rings is 1. The molecule has 0 atom stereocenters. The van der Waals surface area contributed by atoms with Gasteiger partial charge in [-0.05, 0) is 61.7 Å². The molecule has 1 fully saturated rings. The van der Waals surface area contributed by atoms with Gasteiger partial charge in [-0.3, -0.25) is 10.1 Å². The maximum Gasteiger partial charge on any atom is 0.257 e. The molecule has 0 bridgehead atoms. The molecule has 1 aliphatic rings. The molecule has 6 nitrogen and oxygen atoms in total. The van der Waals surface area contributed by atoms with Gasteiger partial charge in [0.15, 0.2) is 5.13 Å². The summed E-state index contributed by atoms with van der Waals surface area (Å²) < 4.78 is 28.4. The second-order valence-corrected chi connectivity index (χ2v) is 11.3. The van der Waals surface area contributed by atoms with Crippen LogP contribution in [0.2, 0.25) is 5.02 Å².